The summed E-state index contributed by atoms with van der Waals surface area (Å²) >= 11 is 0. The maximum absolute atomic E-state index is 13.5. The van der Waals surface area contributed by atoms with Gasteiger partial charge in [0.1, 0.15) is 11.8 Å². The molecule has 1 fully saturated rings. The third-order valence-electron chi connectivity index (χ3n) is 5.71. The third kappa shape index (κ3) is 6.47. The number of nitrogens with zero attached hydrogens (tertiary/aromatic N) is 1. The molecule has 1 atom stereocenters. The van der Waals surface area contributed by atoms with Gasteiger partial charge in [0.25, 0.3) is 5.91 Å². The average molecular weight is 454 g/mol. The van der Waals surface area contributed by atoms with E-state index in [1.165, 1.54) is 23.7 Å². The molecule has 1 aliphatic carbocycles. The Kier molecular flexibility index (Phi) is 8.69. The Hall–Kier alpha value is -3.55. The first-order chi connectivity index (χ1) is 16.0. The highest BCUT2D eigenvalue weighted by atomic mass is 16.5. The SMILES string of the molecule is C=CCN(C(=O)CNC(=O)c1ccco1)C(C(=O)NC1CCCCC1)c1cccc(OC)c1. The lowest BCUT2D eigenvalue weighted by atomic mass is 9.94. The topological polar surface area (TPSA) is 101 Å². The second kappa shape index (κ2) is 11.9. The van der Waals surface area contributed by atoms with Crippen LogP contribution in [-0.4, -0.2) is 48.9 Å². The summed E-state index contributed by atoms with van der Waals surface area (Å²) in [6, 6.07) is 9.39. The van der Waals surface area contributed by atoms with Crippen LogP contribution in [-0.2, 0) is 9.59 Å². The van der Waals surface area contributed by atoms with Crippen molar-refractivity contribution in [1.29, 1.82) is 0 Å². The predicted octanol–water partition coefficient (Wildman–Crippen LogP) is 3.22. The smallest absolute Gasteiger partial charge is 0.287 e. The molecular weight excluding hydrogens is 422 g/mol. The van der Waals surface area contributed by atoms with Crippen LogP contribution in [0, 0.1) is 0 Å². The van der Waals surface area contributed by atoms with Crippen molar-refractivity contribution in [2.75, 3.05) is 20.2 Å². The van der Waals surface area contributed by atoms with Gasteiger partial charge < -0.3 is 24.7 Å². The highest BCUT2D eigenvalue weighted by Crippen LogP contribution is 2.26. The van der Waals surface area contributed by atoms with Crippen LogP contribution in [0.25, 0.3) is 0 Å². The number of methoxy groups -OCH3 is 1. The van der Waals surface area contributed by atoms with Crippen molar-refractivity contribution in [3.05, 3.63) is 66.6 Å². The summed E-state index contributed by atoms with van der Waals surface area (Å²) in [6.45, 7) is 3.60. The number of rotatable bonds is 10. The molecular formula is C25H31N3O5. The van der Waals surface area contributed by atoms with Crippen LogP contribution in [0.2, 0.25) is 0 Å². The molecule has 8 nitrogen and oxygen atoms in total. The molecule has 2 aromatic rings. The lowest BCUT2D eigenvalue weighted by Gasteiger charge is -2.33. The predicted molar refractivity (Wildman–Crippen MR) is 124 cm³/mol. The van der Waals surface area contributed by atoms with Gasteiger partial charge in [-0.1, -0.05) is 37.5 Å². The van der Waals surface area contributed by atoms with Crippen molar-refractivity contribution in [3.63, 3.8) is 0 Å². The van der Waals surface area contributed by atoms with Crippen LogP contribution in [0.4, 0.5) is 0 Å². The van der Waals surface area contributed by atoms with E-state index in [1.54, 1.807) is 43.5 Å². The summed E-state index contributed by atoms with van der Waals surface area (Å²) in [6.07, 6.45) is 8.10. The fourth-order valence-electron chi connectivity index (χ4n) is 4.05. The van der Waals surface area contributed by atoms with Crippen LogP contribution in [0.3, 0.4) is 0 Å². The Balaban J connectivity index is 1.83. The van der Waals surface area contributed by atoms with Crippen LogP contribution in [0.1, 0.15) is 54.3 Å². The van der Waals surface area contributed by atoms with Gasteiger partial charge in [0.05, 0.1) is 19.9 Å². The number of hydrogen-bond acceptors (Lipinski definition) is 5. The van der Waals surface area contributed by atoms with E-state index in [9.17, 15) is 14.4 Å². The van der Waals surface area contributed by atoms with Crippen molar-refractivity contribution >= 4 is 17.7 Å². The quantitative estimate of drug-likeness (QED) is 0.538. The van der Waals surface area contributed by atoms with Crippen molar-refractivity contribution < 1.29 is 23.5 Å². The van der Waals surface area contributed by atoms with Gasteiger partial charge in [-0.2, -0.15) is 0 Å². The minimum atomic E-state index is -0.895. The van der Waals surface area contributed by atoms with E-state index in [1.807, 2.05) is 0 Å². The Morgan fingerprint density at radius 2 is 2.00 bits per heavy atom. The molecule has 0 saturated heterocycles. The largest absolute Gasteiger partial charge is 0.497 e. The van der Waals surface area contributed by atoms with E-state index in [2.05, 4.69) is 17.2 Å². The normalized spacial score (nSPS) is 14.7. The van der Waals surface area contributed by atoms with E-state index in [0.29, 0.717) is 11.3 Å². The third-order valence-corrected chi connectivity index (χ3v) is 5.71. The fraction of sp³-hybridized carbons (Fsp3) is 0.400. The summed E-state index contributed by atoms with van der Waals surface area (Å²) in [7, 11) is 1.55. The summed E-state index contributed by atoms with van der Waals surface area (Å²) in [5.74, 6) is -0.488. The summed E-state index contributed by atoms with van der Waals surface area (Å²) in [4.78, 5) is 40.3. The van der Waals surface area contributed by atoms with Gasteiger partial charge in [-0.25, -0.2) is 0 Å². The van der Waals surface area contributed by atoms with Crippen molar-refractivity contribution in [2.24, 2.45) is 0 Å². The highest BCUT2D eigenvalue weighted by molar-refractivity contribution is 5.95. The number of benzene rings is 1. The van der Waals surface area contributed by atoms with E-state index < -0.39 is 17.9 Å². The van der Waals surface area contributed by atoms with Gasteiger partial charge in [-0.3, -0.25) is 14.4 Å². The Morgan fingerprint density at radius 3 is 2.67 bits per heavy atom. The first-order valence-electron chi connectivity index (χ1n) is 11.2. The van der Waals surface area contributed by atoms with Crippen LogP contribution in [0.15, 0.2) is 59.7 Å². The minimum absolute atomic E-state index is 0.0821. The molecule has 0 aliphatic heterocycles. The molecule has 1 heterocycles. The molecule has 3 amide bonds. The Morgan fingerprint density at radius 1 is 1.21 bits per heavy atom. The first-order valence-corrected chi connectivity index (χ1v) is 11.2. The monoisotopic (exact) mass is 453 g/mol. The zero-order chi connectivity index (χ0) is 23.6. The number of carbonyl (C=O) groups is 3. The summed E-state index contributed by atoms with van der Waals surface area (Å²) in [5, 5.41) is 5.68. The number of furan rings is 1. The van der Waals surface area contributed by atoms with Crippen LogP contribution in [0.5, 0.6) is 5.75 Å². The van der Waals surface area contributed by atoms with Crippen molar-refractivity contribution in [2.45, 2.75) is 44.2 Å². The molecule has 1 saturated carbocycles. The van der Waals surface area contributed by atoms with Gasteiger partial charge in [0, 0.05) is 12.6 Å². The van der Waals surface area contributed by atoms with Crippen molar-refractivity contribution in [1.82, 2.24) is 15.5 Å². The molecule has 1 unspecified atom stereocenters. The van der Waals surface area contributed by atoms with Gasteiger partial charge in [-0.15, -0.1) is 6.58 Å². The Labute approximate surface area is 194 Å². The average Bonchev–Trinajstić information content (AvgIpc) is 3.38. The maximum atomic E-state index is 13.5. The van der Waals surface area contributed by atoms with Crippen molar-refractivity contribution in [3.8, 4) is 5.75 Å². The Bertz CT molecular complexity index is 951. The van der Waals surface area contributed by atoms with Gasteiger partial charge in [0.15, 0.2) is 5.76 Å². The standard InChI is InChI=1S/C25H31N3O5/c1-3-14-28(22(29)17-26-24(30)21-13-8-15-33-21)23(18-9-7-12-20(16-18)32-2)25(31)27-19-10-5-4-6-11-19/h3,7-9,12-13,15-16,19,23H,1,4-6,10-11,14,17H2,2H3,(H,26,30)(H,27,31). The molecule has 1 aromatic heterocycles. The van der Waals surface area contributed by atoms with E-state index >= 15 is 0 Å². The number of hydrogen-bond donors (Lipinski definition) is 2. The molecule has 8 heteroatoms. The van der Waals surface area contributed by atoms with Gasteiger partial charge >= 0.3 is 0 Å². The van der Waals surface area contributed by atoms with Gasteiger partial charge in [0.2, 0.25) is 11.8 Å². The second-order valence-corrected chi connectivity index (χ2v) is 8.02. The number of amides is 3. The van der Waals surface area contributed by atoms with E-state index in [4.69, 9.17) is 9.15 Å². The molecule has 1 aromatic carbocycles. The lowest BCUT2D eigenvalue weighted by Crippen LogP contribution is -2.49. The van der Waals surface area contributed by atoms with E-state index in [-0.39, 0.29) is 30.8 Å². The molecule has 3 rings (SSSR count). The minimum Gasteiger partial charge on any atom is -0.497 e. The maximum Gasteiger partial charge on any atom is 0.287 e. The molecule has 1 aliphatic rings. The molecule has 176 valence electrons. The summed E-state index contributed by atoms with van der Waals surface area (Å²) < 4.78 is 10.4. The van der Waals surface area contributed by atoms with E-state index in [0.717, 1.165) is 25.7 Å². The molecule has 0 bridgehead atoms. The molecule has 0 radical (unpaired) electrons. The second-order valence-electron chi connectivity index (χ2n) is 8.02. The fourth-order valence-corrected chi connectivity index (χ4v) is 4.05. The van der Waals surface area contributed by atoms with Crippen LogP contribution < -0.4 is 15.4 Å². The lowest BCUT2D eigenvalue weighted by molar-refractivity contribution is -0.139. The molecule has 2 N–H and O–H groups in total. The van der Waals surface area contributed by atoms with Gasteiger partial charge in [-0.05, 0) is 42.7 Å². The highest BCUT2D eigenvalue weighted by Gasteiger charge is 2.32. The zero-order valence-electron chi connectivity index (χ0n) is 18.9. The molecule has 0 spiro atoms. The summed E-state index contributed by atoms with van der Waals surface area (Å²) in [5.41, 5.74) is 0.621. The van der Waals surface area contributed by atoms with Crippen LogP contribution >= 0.6 is 0 Å². The number of nitrogens with one attached hydrogen (secondary N) is 2. The number of carbonyl (C=O) groups excluding carboxylic acids is 3. The first kappa shape index (κ1) is 24.1. The zero-order valence-corrected chi connectivity index (χ0v) is 18.9. The molecule has 33 heavy (non-hydrogen) atoms. The number of ether oxygens (including phenoxy) is 1.